The first-order chi connectivity index (χ1) is 9.16. The van der Waals surface area contributed by atoms with Crippen molar-refractivity contribution in [3.8, 4) is 0 Å². The summed E-state index contributed by atoms with van der Waals surface area (Å²) in [7, 11) is 0. The van der Waals surface area contributed by atoms with Gasteiger partial charge < -0.3 is 14.0 Å². The molecule has 106 valence electrons. The minimum Gasteiger partial charge on any atom is -0.347 e. The second-order valence-corrected chi connectivity index (χ2v) is 5.52. The van der Waals surface area contributed by atoms with Crippen LogP contribution in [-0.2, 0) is 16.0 Å². The Morgan fingerprint density at radius 3 is 2.84 bits per heavy atom. The molecule has 0 bridgehead atoms. The lowest BCUT2D eigenvalue weighted by atomic mass is 9.90. The number of aromatic nitrogens is 2. The fourth-order valence-electron chi connectivity index (χ4n) is 3.00. The van der Waals surface area contributed by atoms with Crippen LogP contribution >= 0.6 is 0 Å². The average molecular weight is 267 g/mol. The van der Waals surface area contributed by atoms with Gasteiger partial charge >= 0.3 is 0 Å². The third kappa shape index (κ3) is 2.80. The molecule has 0 aliphatic carbocycles. The van der Waals surface area contributed by atoms with Gasteiger partial charge in [-0.2, -0.15) is 4.98 Å². The maximum atomic E-state index is 5.78. The van der Waals surface area contributed by atoms with Crippen molar-refractivity contribution in [1.82, 2.24) is 15.0 Å². The smallest absolute Gasteiger partial charge is 0.223 e. The molecule has 3 rings (SSSR count). The van der Waals surface area contributed by atoms with Crippen molar-refractivity contribution < 1.29 is 14.0 Å². The Morgan fingerprint density at radius 1 is 1.37 bits per heavy atom. The molecule has 0 saturated carbocycles. The number of nitrogens with zero attached hydrogens (tertiary/aromatic N) is 3. The molecule has 2 saturated heterocycles. The van der Waals surface area contributed by atoms with Crippen LogP contribution in [0.25, 0.3) is 0 Å². The molecule has 1 atom stereocenters. The first-order valence-electron chi connectivity index (χ1n) is 6.95. The maximum Gasteiger partial charge on any atom is 0.223 e. The summed E-state index contributed by atoms with van der Waals surface area (Å²) in [6, 6.07) is 0. The summed E-state index contributed by atoms with van der Waals surface area (Å²) in [6.07, 6.45) is 2.31. The highest BCUT2D eigenvalue weighted by Gasteiger charge is 2.41. The molecule has 19 heavy (non-hydrogen) atoms. The second-order valence-electron chi connectivity index (χ2n) is 5.52. The van der Waals surface area contributed by atoms with E-state index in [2.05, 4.69) is 22.0 Å². The molecule has 1 aromatic heterocycles. The summed E-state index contributed by atoms with van der Waals surface area (Å²) in [5, 5.41) is 3.96. The predicted octanol–water partition coefficient (Wildman–Crippen LogP) is 1.35. The molecule has 0 spiro atoms. The Bertz CT molecular complexity index is 429. The Morgan fingerprint density at radius 2 is 2.16 bits per heavy atom. The van der Waals surface area contributed by atoms with Crippen molar-refractivity contribution in [3.63, 3.8) is 0 Å². The lowest BCUT2D eigenvalue weighted by Crippen LogP contribution is -2.46. The molecule has 2 aliphatic heterocycles. The second kappa shape index (κ2) is 5.19. The van der Waals surface area contributed by atoms with Crippen LogP contribution in [0.2, 0.25) is 0 Å². The van der Waals surface area contributed by atoms with Crippen LogP contribution in [-0.4, -0.2) is 47.1 Å². The lowest BCUT2D eigenvalue weighted by molar-refractivity contribution is -0.192. The Balaban J connectivity index is 1.61. The van der Waals surface area contributed by atoms with Crippen LogP contribution in [0, 0.1) is 12.8 Å². The van der Waals surface area contributed by atoms with Crippen LogP contribution in [0.1, 0.15) is 31.5 Å². The Hall–Kier alpha value is -0.980. The number of rotatable bonds is 3. The normalized spacial score (nSPS) is 27.8. The summed E-state index contributed by atoms with van der Waals surface area (Å²) in [4.78, 5) is 6.62. The fraction of sp³-hybridized carbons (Fsp3) is 0.846. The number of aryl methyl sites for hydroxylation is 1. The number of ether oxygens (including phenoxy) is 2. The molecule has 0 amide bonds. The molecule has 6 nitrogen and oxygen atoms in total. The Labute approximate surface area is 113 Å². The van der Waals surface area contributed by atoms with Gasteiger partial charge in [-0.05, 0) is 26.3 Å². The molecule has 2 aliphatic rings. The SMILES string of the molecule is Cc1nc(CN2CCC[C@H](C3(C)OCCO3)C2)no1. The van der Waals surface area contributed by atoms with Gasteiger partial charge in [0.15, 0.2) is 11.6 Å². The number of hydrogen-bond donors (Lipinski definition) is 0. The van der Waals surface area contributed by atoms with E-state index in [1.54, 1.807) is 0 Å². The zero-order valence-corrected chi connectivity index (χ0v) is 11.6. The van der Waals surface area contributed by atoms with E-state index in [4.69, 9.17) is 14.0 Å². The molecule has 2 fully saturated rings. The topological polar surface area (TPSA) is 60.6 Å². The monoisotopic (exact) mass is 267 g/mol. The molecular formula is C13H21N3O3. The highest BCUT2D eigenvalue weighted by molar-refractivity contribution is 4.89. The third-order valence-electron chi connectivity index (χ3n) is 4.04. The van der Waals surface area contributed by atoms with E-state index in [0.29, 0.717) is 25.0 Å². The van der Waals surface area contributed by atoms with E-state index in [9.17, 15) is 0 Å². The maximum absolute atomic E-state index is 5.78. The number of likely N-dealkylation sites (tertiary alicyclic amines) is 1. The standard InChI is InChI=1S/C13H21N3O3/c1-10-14-12(15-19-10)9-16-5-3-4-11(8-16)13(2)17-6-7-18-13/h11H,3-9H2,1-2H3/t11-/m0/s1. The van der Waals surface area contributed by atoms with Crippen LogP contribution in [0.5, 0.6) is 0 Å². The van der Waals surface area contributed by atoms with Crippen LogP contribution in [0.15, 0.2) is 4.52 Å². The van der Waals surface area contributed by atoms with E-state index >= 15 is 0 Å². The minimum absolute atomic E-state index is 0.411. The van der Waals surface area contributed by atoms with Crippen LogP contribution in [0.3, 0.4) is 0 Å². The largest absolute Gasteiger partial charge is 0.347 e. The van der Waals surface area contributed by atoms with Gasteiger partial charge in [0.1, 0.15) is 0 Å². The van der Waals surface area contributed by atoms with Gasteiger partial charge in [-0.15, -0.1) is 0 Å². The van der Waals surface area contributed by atoms with Crippen molar-refractivity contribution in [1.29, 1.82) is 0 Å². The van der Waals surface area contributed by atoms with Gasteiger partial charge in [0.05, 0.1) is 19.8 Å². The molecule has 0 unspecified atom stereocenters. The van der Waals surface area contributed by atoms with Gasteiger partial charge in [-0.1, -0.05) is 5.16 Å². The van der Waals surface area contributed by atoms with Crippen molar-refractivity contribution in [2.24, 2.45) is 5.92 Å². The average Bonchev–Trinajstić information content (AvgIpc) is 3.00. The van der Waals surface area contributed by atoms with Crippen LogP contribution < -0.4 is 0 Å². The van der Waals surface area contributed by atoms with E-state index in [1.807, 2.05) is 6.92 Å². The van der Waals surface area contributed by atoms with Gasteiger partial charge in [-0.25, -0.2) is 0 Å². The first kappa shape index (κ1) is 13.0. The van der Waals surface area contributed by atoms with Crippen molar-refractivity contribution in [3.05, 3.63) is 11.7 Å². The van der Waals surface area contributed by atoms with Crippen LogP contribution in [0.4, 0.5) is 0 Å². The molecule has 3 heterocycles. The number of hydrogen-bond acceptors (Lipinski definition) is 6. The van der Waals surface area contributed by atoms with Gasteiger partial charge in [-0.3, -0.25) is 4.90 Å². The van der Waals surface area contributed by atoms with E-state index < -0.39 is 5.79 Å². The quantitative estimate of drug-likeness (QED) is 0.824. The Kier molecular flexibility index (Phi) is 3.56. The summed E-state index contributed by atoms with van der Waals surface area (Å²) < 4.78 is 16.6. The lowest BCUT2D eigenvalue weighted by Gasteiger charge is -2.39. The zero-order chi connectivity index (χ0) is 13.3. The van der Waals surface area contributed by atoms with Gasteiger partial charge in [0, 0.05) is 19.4 Å². The molecule has 0 aromatic carbocycles. The molecule has 0 radical (unpaired) electrons. The summed E-state index contributed by atoms with van der Waals surface area (Å²) in [5.74, 6) is 1.39. The molecule has 1 aromatic rings. The predicted molar refractivity (Wildman–Crippen MR) is 67.3 cm³/mol. The van der Waals surface area contributed by atoms with E-state index in [-0.39, 0.29) is 0 Å². The highest BCUT2D eigenvalue weighted by Crippen LogP contribution is 2.34. The molecule has 0 N–H and O–H groups in total. The fourth-order valence-corrected chi connectivity index (χ4v) is 3.00. The van der Waals surface area contributed by atoms with Gasteiger partial charge in [0.2, 0.25) is 5.89 Å². The van der Waals surface area contributed by atoms with Crippen molar-refractivity contribution in [2.45, 2.75) is 39.0 Å². The zero-order valence-electron chi connectivity index (χ0n) is 11.6. The molecule has 6 heteroatoms. The van der Waals surface area contributed by atoms with Crippen molar-refractivity contribution >= 4 is 0 Å². The minimum atomic E-state index is -0.411. The summed E-state index contributed by atoms with van der Waals surface area (Å²) in [6.45, 7) is 8.06. The van der Waals surface area contributed by atoms with Gasteiger partial charge in [0.25, 0.3) is 0 Å². The first-order valence-corrected chi connectivity index (χ1v) is 6.95. The highest BCUT2D eigenvalue weighted by atomic mass is 16.7. The number of piperidine rings is 1. The van der Waals surface area contributed by atoms with Crippen molar-refractivity contribution in [2.75, 3.05) is 26.3 Å². The third-order valence-corrected chi connectivity index (χ3v) is 4.04. The van der Waals surface area contributed by atoms with E-state index in [1.165, 1.54) is 0 Å². The molecular weight excluding hydrogens is 246 g/mol. The summed E-state index contributed by atoms with van der Waals surface area (Å²) in [5.41, 5.74) is 0. The summed E-state index contributed by atoms with van der Waals surface area (Å²) >= 11 is 0. The van der Waals surface area contributed by atoms with E-state index in [0.717, 1.165) is 38.3 Å².